The smallest absolute Gasteiger partial charge is 0.388 e. The van der Waals surface area contributed by atoms with Crippen molar-refractivity contribution in [1.82, 2.24) is 39.0 Å². The first-order valence-corrected chi connectivity index (χ1v) is 17.9. The lowest BCUT2D eigenvalue weighted by molar-refractivity contribution is -0.0596. The summed E-state index contributed by atoms with van der Waals surface area (Å²) in [4.78, 5) is 57.3. The molecule has 10 atom stereocenters. The molecule has 0 spiro atoms. The number of aliphatic hydroxyl groups excluding tert-OH is 1. The van der Waals surface area contributed by atoms with Gasteiger partial charge in [-0.1, -0.05) is 13.3 Å². The summed E-state index contributed by atoms with van der Waals surface area (Å²) in [7, 11) is -9.39. The molecule has 7 heterocycles. The number of imidazole rings is 2. The van der Waals surface area contributed by atoms with E-state index in [4.69, 9.17) is 34.5 Å². The van der Waals surface area contributed by atoms with Gasteiger partial charge < -0.3 is 40.4 Å². The molecule has 4 aromatic heterocycles. The van der Waals surface area contributed by atoms with Gasteiger partial charge in [0.1, 0.15) is 24.1 Å². The summed E-state index contributed by atoms with van der Waals surface area (Å²) in [5.41, 5.74) is 11.5. The summed E-state index contributed by atoms with van der Waals surface area (Å²) >= 11 is 0. The van der Waals surface area contributed by atoms with Crippen LogP contribution in [0.1, 0.15) is 32.2 Å². The van der Waals surface area contributed by atoms with Gasteiger partial charge in [-0.15, -0.1) is 0 Å². The second kappa shape index (κ2) is 12.0. The van der Waals surface area contributed by atoms with Gasteiger partial charge in [-0.3, -0.25) is 32.5 Å². The topological polar surface area (TPSA) is 300 Å². The number of aliphatic hydroxyl groups is 1. The second-order valence-corrected chi connectivity index (χ2v) is 14.8. The van der Waals surface area contributed by atoms with Crippen LogP contribution in [0.25, 0.3) is 22.3 Å². The summed E-state index contributed by atoms with van der Waals surface area (Å²) in [6.45, 7) is 0.822. The van der Waals surface area contributed by atoms with Crippen molar-refractivity contribution in [3.63, 3.8) is 0 Å². The largest absolute Gasteiger partial charge is 0.472 e. The van der Waals surface area contributed by atoms with Crippen LogP contribution in [0.2, 0.25) is 0 Å². The van der Waals surface area contributed by atoms with E-state index in [0.717, 1.165) is 0 Å². The SMILES string of the molecule is CCCC1C2OP(=O)(O)OC[C@H]3O[C@@H](n4cnc5c(N)ncnc54)C(O)C3CP(=O)(O)OC[C@H]1O[C@H]2n1cnc2c(=O)[nH]c(N)nc21. The fourth-order valence-electron chi connectivity index (χ4n) is 6.44. The summed E-state index contributed by atoms with van der Waals surface area (Å²) < 4.78 is 58.8. The van der Waals surface area contributed by atoms with Gasteiger partial charge in [-0.05, 0) is 6.42 Å². The number of ether oxygens (including phenoxy) is 2. The van der Waals surface area contributed by atoms with Crippen molar-refractivity contribution in [3.8, 4) is 0 Å². The summed E-state index contributed by atoms with van der Waals surface area (Å²) in [5, 5.41) is 11.4. The van der Waals surface area contributed by atoms with Crippen molar-refractivity contribution in [2.24, 2.45) is 11.8 Å². The van der Waals surface area contributed by atoms with E-state index in [1.54, 1.807) is 0 Å². The fraction of sp³-hybridized carbons (Fsp3) is 0.583. The van der Waals surface area contributed by atoms with Crippen LogP contribution in [0.3, 0.4) is 0 Å². The molecule has 21 nitrogen and oxygen atoms in total. The van der Waals surface area contributed by atoms with Crippen LogP contribution in [0.5, 0.6) is 0 Å². The molecule has 7 rings (SSSR count). The Labute approximate surface area is 264 Å². The molecule has 254 valence electrons. The number of rotatable bonds is 4. The van der Waals surface area contributed by atoms with E-state index >= 15 is 0 Å². The highest BCUT2D eigenvalue weighted by atomic mass is 31.2. The molecule has 3 saturated heterocycles. The van der Waals surface area contributed by atoms with E-state index < -0.39 is 89.1 Å². The Bertz CT molecular complexity index is 1970. The molecule has 47 heavy (non-hydrogen) atoms. The number of nitrogens with two attached hydrogens (primary N) is 2. The molecule has 0 aliphatic carbocycles. The molecule has 2 bridgehead atoms. The molecule has 0 amide bonds. The van der Waals surface area contributed by atoms with Crippen LogP contribution in [0.4, 0.5) is 11.8 Å². The van der Waals surface area contributed by atoms with Gasteiger partial charge in [0.2, 0.25) is 5.95 Å². The first-order chi connectivity index (χ1) is 22.4. The third-order valence-electron chi connectivity index (χ3n) is 8.56. The Hall–Kier alpha value is -3.36. The number of nitrogens with zero attached hydrogens (tertiary/aromatic N) is 7. The van der Waals surface area contributed by atoms with E-state index in [-0.39, 0.29) is 34.1 Å². The Morgan fingerprint density at radius 3 is 2.45 bits per heavy atom. The van der Waals surface area contributed by atoms with Gasteiger partial charge in [-0.2, -0.15) is 4.98 Å². The van der Waals surface area contributed by atoms with Crippen molar-refractivity contribution >= 4 is 49.5 Å². The highest BCUT2D eigenvalue weighted by Crippen LogP contribution is 2.55. The van der Waals surface area contributed by atoms with E-state index in [1.807, 2.05) is 6.92 Å². The first-order valence-electron chi connectivity index (χ1n) is 14.6. The second-order valence-electron chi connectivity index (χ2n) is 11.5. The highest BCUT2D eigenvalue weighted by Gasteiger charge is 2.53. The van der Waals surface area contributed by atoms with E-state index in [1.165, 1.54) is 28.1 Å². The minimum Gasteiger partial charge on any atom is -0.388 e. The molecule has 8 N–H and O–H groups in total. The van der Waals surface area contributed by atoms with Crippen LogP contribution in [0.15, 0.2) is 23.8 Å². The summed E-state index contributed by atoms with van der Waals surface area (Å²) in [5.74, 6) is -1.88. The van der Waals surface area contributed by atoms with Gasteiger partial charge in [0.25, 0.3) is 5.56 Å². The predicted octanol–water partition coefficient (Wildman–Crippen LogP) is 0.0299. The van der Waals surface area contributed by atoms with Crippen LogP contribution >= 0.6 is 15.4 Å². The zero-order valence-corrected chi connectivity index (χ0v) is 26.5. The van der Waals surface area contributed by atoms with Crippen molar-refractivity contribution in [2.45, 2.75) is 56.6 Å². The number of nitrogens with one attached hydrogen (secondary N) is 1. The van der Waals surface area contributed by atoms with Crippen molar-refractivity contribution in [3.05, 3.63) is 29.3 Å². The molecular formula is C24H32N10O11P2. The molecule has 23 heteroatoms. The number of H-pyrrole nitrogens is 1. The highest BCUT2D eigenvalue weighted by molar-refractivity contribution is 7.52. The maximum atomic E-state index is 13.5. The molecule has 4 aromatic rings. The number of nitrogen functional groups attached to an aromatic ring is 2. The molecule has 0 saturated carbocycles. The Morgan fingerprint density at radius 1 is 0.979 bits per heavy atom. The average Bonchev–Trinajstić information content (AvgIpc) is 3.76. The number of anilines is 2. The van der Waals surface area contributed by atoms with Gasteiger partial charge in [0, 0.05) is 11.8 Å². The summed E-state index contributed by atoms with van der Waals surface area (Å²) in [6, 6.07) is 0. The van der Waals surface area contributed by atoms with Crippen molar-refractivity contribution < 1.29 is 47.1 Å². The third kappa shape index (κ3) is 5.86. The first kappa shape index (κ1) is 32.2. The zero-order chi connectivity index (χ0) is 33.2. The average molecular weight is 699 g/mol. The van der Waals surface area contributed by atoms with Crippen LogP contribution in [-0.2, 0) is 32.2 Å². The molecule has 3 aliphatic rings. The lowest BCUT2D eigenvalue weighted by Gasteiger charge is -2.27. The molecule has 0 aromatic carbocycles. The van der Waals surface area contributed by atoms with Crippen molar-refractivity contribution in [1.29, 1.82) is 0 Å². The standard InChI is InChI=1S/C24H32N10O11P2/c1-2-3-10-12-4-41-46(37,38)6-11-13(43-22(16(11)35)33-8-29-14-18(25)27-7-28-19(14)33)5-42-47(39,40)45-17(10)23(44-12)34-9-30-15-20(34)31-24(26)32-21(15)36/h7-13,16-17,22-23,35H,2-6H2,1H3,(H,37,38)(H,39,40)(H2,25,27,28)(H3,26,31,32,36)/t10?,11?,12-,13-,16?,17?,22-,23-/m1/s1. The number of phosphoric acid groups is 1. The zero-order valence-electron chi connectivity index (χ0n) is 24.7. The van der Waals surface area contributed by atoms with E-state index in [2.05, 4.69) is 29.9 Å². The monoisotopic (exact) mass is 698 g/mol. The molecule has 3 aliphatic heterocycles. The Balaban J connectivity index is 1.23. The molecule has 0 radical (unpaired) electrons. The Morgan fingerprint density at radius 2 is 1.68 bits per heavy atom. The number of aromatic nitrogens is 8. The Kier molecular flexibility index (Phi) is 8.19. The molecule has 3 fully saturated rings. The van der Waals surface area contributed by atoms with Gasteiger partial charge in [0.15, 0.2) is 35.1 Å². The van der Waals surface area contributed by atoms with Gasteiger partial charge >= 0.3 is 15.4 Å². The fourth-order valence-corrected chi connectivity index (χ4v) is 8.87. The predicted molar refractivity (Wildman–Crippen MR) is 159 cm³/mol. The minimum absolute atomic E-state index is 0.0191. The quantitative estimate of drug-likeness (QED) is 0.153. The van der Waals surface area contributed by atoms with E-state index in [9.17, 15) is 28.8 Å². The van der Waals surface area contributed by atoms with Crippen LogP contribution in [-0.4, -0.2) is 97.7 Å². The number of phosphoric ester groups is 1. The van der Waals surface area contributed by atoms with Gasteiger partial charge in [0.05, 0.1) is 44.2 Å². The molecule has 6 unspecified atom stereocenters. The maximum absolute atomic E-state index is 13.5. The van der Waals surface area contributed by atoms with Crippen LogP contribution in [0, 0.1) is 11.8 Å². The van der Waals surface area contributed by atoms with Crippen LogP contribution < -0.4 is 17.0 Å². The lowest BCUT2D eigenvalue weighted by Crippen LogP contribution is -2.32. The normalized spacial score (nSPS) is 36.6. The number of fused-ring (bicyclic) bond motifs is 5. The lowest BCUT2D eigenvalue weighted by atomic mass is 9.93. The maximum Gasteiger partial charge on any atom is 0.472 e. The number of aromatic amines is 1. The number of hydrogen-bond acceptors (Lipinski definition) is 16. The minimum atomic E-state index is -4.92. The summed E-state index contributed by atoms with van der Waals surface area (Å²) in [6.07, 6.45) is -3.04. The molecular weight excluding hydrogens is 666 g/mol. The van der Waals surface area contributed by atoms with E-state index in [0.29, 0.717) is 12.8 Å². The number of hydrogen-bond donors (Lipinski definition) is 6. The van der Waals surface area contributed by atoms with Gasteiger partial charge in [-0.25, -0.2) is 24.5 Å². The van der Waals surface area contributed by atoms with Crippen molar-refractivity contribution in [2.75, 3.05) is 30.8 Å². The third-order valence-corrected chi connectivity index (χ3v) is 11.0.